The Bertz CT molecular complexity index is 519. The summed E-state index contributed by atoms with van der Waals surface area (Å²) in [7, 11) is 6.05. The van der Waals surface area contributed by atoms with Gasteiger partial charge >= 0.3 is 0 Å². The topological polar surface area (TPSA) is 74.9 Å². The van der Waals surface area contributed by atoms with E-state index in [-0.39, 0.29) is 29.5 Å². The van der Waals surface area contributed by atoms with Crippen LogP contribution in [0.5, 0.6) is 0 Å². The van der Waals surface area contributed by atoms with Crippen molar-refractivity contribution in [2.75, 3.05) is 40.9 Å². The number of hydrogen-bond donors (Lipinski definition) is 2. The van der Waals surface area contributed by atoms with E-state index >= 15 is 0 Å². The maximum Gasteiger partial charge on any atom is 0.191 e. The van der Waals surface area contributed by atoms with Crippen molar-refractivity contribution in [2.45, 2.75) is 38.8 Å². The maximum atomic E-state index is 5.51. The number of hydrogen-bond acceptors (Lipinski definition) is 5. The molecule has 1 aromatic heterocycles. The molecule has 0 saturated carbocycles. The van der Waals surface area contributed by atoms with Gasteiger partial charge in [-0.05, 0) is 40.8 Å². The lowest BCUT2D eigenvalue weighted by Gasteiger charge is -2.43. The van der Waals surface area contributed by atoms with Gasteiger partial charge in [-0.15, -0.1) is 24.0 Å². The number of guanidine groups is 1. The van der Waals surface area contributed by atoms with Crippen molar-refractivity contribution in [2.24, 2.45) is 4.99 Å². The van der Waals surface area contributed by atoms with Crippen molar-refractivity contribution < 1.29 is 9.26 Å². The summed E-state index contributed by atoms with van der Waals surface area (Å²) in [4.78, 5) is 6.61. The molecule has 8 heteroatoms. The molecule has 0 atom stereocenters. The third-order valence-corrected chi connectivity index (χ3v) is 4.79. The van der Waals surface area contributed by atoms with E-state index in [1.54, 1.807) is 7.05 Å². The van der Waals surface area contributed by atoms with Crippen LogP contribution in [0.4, 0.5) is 0 Å². The number of halogens is 1. The second-order valence-corrected chi connectivity index (χ2v) is 6.31. The van der Waals surface area contributed by atoms with Gasteiger partial charge in [0.25, 0.3) is 0 Å². The number of likely N-dealkylation sites (N-methyl/N-ethyl adjacent to an activating group) is 1. The predicted octanol–water partition coefficient (Wildman–Crippen LogP) is 1.69. The molecule has 2 N–H and O–H groups in total. The Labute approximate surface area is 161 Å². The average molecular weight is 451 g/mol. The Hall–Kier alpha value is -0.870. The molecule has 0 unspecified atom stereocenters. The van der Waals surface area contributed by atoms with Crippen molar-refractivity contribution in [1.29, 1.82) is 0 Å². The highest BCUT2D eigenvalue weighted by atomic mass is 127. The zero-order valence-electron chi connectivity index (χ0n) is 15.3. The highest BCUT2D eigenvalue weighted by molar-refractivity contribution is 14.0. The summed E-state index contributed by atoms with van der Waals surface area (Å²) in [5, 5.41) is 10.8. The summed E-state index contributed by atoms with van der Waals surface area (Å²) in [5.41, 5.74) is 2.11. The van der Waals surface area contributed by atoms with Gasteiger partial charge in [-0.3, -0.25) is 4.99 Å². The van der Waals surface area contributed by atoms with Crippen LogP contribution in [0, 0.1) is 13.8 Å². The molecule has 0 aromatic carbocycles. The fraction of sp³-hybridized carbons (Fsp3) is 0.750. The normalized spacial score (nSPS) is 17.5. The molecular weight excluding hydrogens is 421 g/mol. The third kappa shape index (κ3) is 5.06. The van der Waals surface area contributed by atoms with Crippen LogP contribution in [0.25, 0.3) is 0 Å². The maximum absolute atomic E-state index is 5.51. The molecular formula is C16H30IN5O2. The zero-order chi connectivity index (χ0) is 16.9. The first-order valence-electron chi connectivity index (χ1n) is 8.10. The lowest BCUT2D eigenvalue weighted by atomic mass is 9.88. The summed E-state index contributed by atoms with van der Waals surface area (Å²) in [6.07, 6.45) is 2.04. The number of ether oxygens (including phenoxy) is 1. The Morgan fingerprint density at radius 1 is 1.25 bits per heavy atom. The second-order valence-electron chi connectivity index (χ2n) is 6.31. The van der Waals surface area contributed by atoms with Gasteiger partial charge in [-0.25, -0.2) is 0 Å². The molecule has 138 valence electrons. The van der Waals surface area contributed by atoms with Gasteiger partial charge < -0.3 is 24.8 Å². The highest BCUT2D eigenvalue weighted by Gasteiger charge is 2.34. The summed E-state index contributed by atoms with van der Waals surface area (Å²) in [6, 6.07) is 0. The molecule has 0 aliphatic carbocycles. The van der Waals surface area contributed by atoms with Crippen LogP contribution in [0.1, 0.15) is 29.9 Å². The summed E-state index contributed by atoms with van der Waals surface area (Å²) in [6.45, 7) is 6.99. The first kappa shape index (κ1) is 21.2. The first-order chi connectivity index (χ1) is 11.0. The van der Waals surface area contributed by atoms with Crippen molar-refractivity contribution in [3.8, 4) is 0 Å². The molecule has 24 heavy (non-hydrogen) atoms. The van der Waals surface area contributed by atoms with Crippen LogP contribution in [0.15, 0.2) is 9.52 Å². The van der Waals surface area contributed by atoms with E-state index in [0.29, 0.717) is 6.54 Å². The quantitative estimate of drug-likeness (QED) is 0.403. The standard InChI is InChI=1S/C16H29N5O2.HI/c1-12-14(13(2)23-20-12)10-18-15(17-3)19-11-16(21(4)5)6-8-22-9-7-16;/h6-11H2,1-5H3,(H2,17,18,19);1H. The van der Waals surface area contributed by atoms with Crippen molar-refractivity contribution in [1.82, 2.24) is 20.7 Å². The molecule has 0 radical (unpaired) electrons. The first-order valence-corrected chi connectivity index (χ1v) is 8.10. The molecule has 1 saturated heterocycles. The molecule has 1 aliphatic heterocycles. The van der Waals surface area contributed by atoms with Gasteiger partial charge in [0.05, 0.1) is 5.69 Å². The lowest BCUT2D eigenvalue weighted by Crippen LogP contribution is -2.57. The second kappa shape index (κ2) is 9.57. The summed E-state index contributed by atoms with van der Waals surface area (Å²) >= 11 is 0. The van der Waals surface area contributed by atoms with E-state index in [2.05, 4.69) is 39.8 Å². The van der Waals surface area contributed by atoms with E-state index < -0.39 is 0 Å². The zero-order valence-corrected chi connectivity index (χ0v) is 17.6. The van der Waals surface area contributed by atoms with Crippen LogP contribution in [0.3, 0.4) is 0 Å². The predicted molar refractivity (Wildman–Crippen MR) is 106 cm³/mol. The molecule has 2 heterocycles. The number of rotatable bonds is 5. The van der Waals surface area contributed by atoms with E-state index in [1.807, 2.05) is 13.8 Å². The van der Waals surface area contributed by atoms with Crippen LogP contribution in [-0.4, -0.2) is 62.5 Å². The van der Waals surface area contributed by atoms with Crippen molar-refractivity contribution in [3.05, 3.63) is 17.0 Å². The number of aromatic nitrogens is 1. The Morgan fingerprint density at radius 3 is 2.42 bits per heavy atom. The minimum absolute atomic E-state index is 0. The Balaban J connectivity index is 0.00000288. The Morgan fingerprint density at radius 2 is 1.92 bits per heavy atom. The third-order valence-electron chi connectivity index (χ3n) is 4.79. The molecule has 1 fully saturated rings. The number of aryl methyl sites for hydroxylation is 2. The molecule has 1 aliphatic rings. The molecule has 7 nitrogen and oxygen atoms in total. The molecule has 0 spiro atoms. The van der Waals surface area contributed by atoms with Gasteiger partial charge in [0.15, 0.2) is 5.96 Å². The van der Waals surface area contributed by atoms with Crippen molar-refractivity contribution >= 4 is 29.9 Å². The van der Waals surface area contributed by atoms with Gasteiger partial charge in [-0.2, -0.15) is 0 Å². The molecule has 1 aromatic rings. The highest BCUT2D eigenvalue weighted by Crippen LogP contribution is 2.25. The minimum Gasteiger partial charge on any atom is -0.381 e. The Kier molecular flexibility index (Phi) is 8.44. The van der Waals surface area contributed by atoms with Crippen LogP contribution >= 0.6 is 24.0 Å². The number of aliphatic imine (C=N–C) groups is 1. The SMILES string of the molecule is CN=C(NCc1c(C)noc1C)NCC1(N(C)C)CCOCC1.I. The minimum atomic E-state index is 0. The van der Waals surface area contributed by atoms with Gasteiger partial charge in [-0.1, -0.05) is 5.16 Å². The van der Waals surface area contributed by atoms with Crippen LogP contribution < -0.4 is 10.6 Å². The van der Waals surface area contributed by atoms with Crippen LogP contribution in [0.2, 0.25) is 0 Å². The van der Waals surface area contributed by atoms with Gasteiger partial charge in [0, 0.05) is 44.5 Å². The van der Waals surface area contributed by atoms with E-state index in [1.165, 1.54) is 0 Å². The number of nitrogens with zero attached hydrogens (tertiary/aromatic N) is 3. The fourth-order valence-electron chi connectivity index (χ4n) is 2.93. The monoisotopic (exact) mass is 451 g/mol. The van der Waals surface area contributed by atoms with Crippen molar-refractivity contribution in [3.63, 3.8) is 0 Å². The van der Waals surface area contributed by atoms with E-state index in [0.717, 1.165) is 55.6 Å². The number of nitrogens with one attached hydrogen (secondary N) is 2. The summed E-state index contributed by atoms with van der Waals surface area (Å²) in [5.74, 6) is 1.64. The smallest absolute Gasteiger partial charge is 0.191 e. The lowest BCUT2D eigenvalue weighted by molar-refractivity contribution is -0.00501. The molecule has 0 amide bonds. The van der Waals surface area contributed by atoms with Gasteiger partial charge in [0.1, 0.15) is 5.76 Å². The largest absolute Gasteiger partial charge is 0.381 e. The molecule has 2 rings (SSSR count). The van der Waals surface area contributed by atoms with E-state index in [4.69, 9.17) is 9.26 Å². The summed E-state index contributed by atoms with van der Waals surface area (Å²) < 4.78 is 10.7. The van der Waals surface area contributed by atoms with Gasteiger partial charge in [0.2, 0.25) is 0 Å². The van der Waals surface area contributed by atoms with E-state index in [9.17, 15) is 0 Å². The fourth-order valence-corrected chi connectivity index (χ4v) is 2.93. The van der Waals surface area contributed by atoms with Crippen LogP contribution in [-0.2, 0) is 11.3 Å². The average Bonchev–Trinajstić information content (AvgIpc) is 2.87. The molecule has 0 bridgehead atoms.